The van der Waals surface area contributed by atoms with Crippen molar-refractivity contribution in [1.82, 2.24) is 0 Å². The van der Waals surface area contributed by atoms with Gasteiger partial charge in [0.25, 0.3) is 0 Å². The normalized spacial score (nSPS) is 15.0. The quantitative estimate of drug-likeness (QED) is 0.195. The lowest BCUT2D eigenvalue weighted by molar-refractivity contribution is -0.131. The lowest BCUT2D eigenvalue weighted by Crippen LogP contribution is -2.20. The Morgan fingerprint density at radius 3 is 2.25 bits per heavy atom. The van der Waals surface area contributed by atoms with Gasteiger partial charge in [-0.2, -0.15) is 0 Å². The number of carbonyl (C=O) groups excluding carboxylic acids is 2. The molecular formula is C22H30O6. The fourth-order valence-electron chi connectivity index (χ4n) is 2.91. The summed E-state index contributed by atoms with van der Waals surface area (Å²) >= 11 is 0. The average Bonchev–Trinajstić information content (AvgIpc) is 2.67. The molecule has 0 spiro atoms. The van der Waals surface area contributed by atoms with Crippen LogP contribution in [0.4, 0.5) is 0 Å². The SMILES string of the molecule is COC1=CC(=O)C(O)=C(CCCCCCCC=CCCC/C=C/C(=O)O)C1=O. The Hall–Kier alpha value is -2.63. The molecule has 0 aromatic carbocycles. The van der Waals surface area contributed by atoms with Gasteiger partial charge in [0.1, 0.15) is 0 Å². The molecule has 28 heavy (non-hydrogen) atoms. The van der Waals surface area contributed by atoms with E-state index in [0.717, 1.165) is 63.9 Å². The predicted octanol–water partition coefficient (Wildman–Crippen LogP) is 4.58. The van der Waals surface area contributed by atoms with Gasteiger partial charge < -0.3 is 14.9 Å². The second-order valence-electron chi connectivity index (χ2n) is 6.68. The molecule has 1 rings (SSSR count). The lowest BCUT2D eigenvalue weighted by atomic mass is 9.94. The first-order valence-electron chi connectivity index (χ1n) is 9.78. The summed E-state index contributed by atoms with van der Waals surface area (Å²) in [5, 5.41) is 18.3. The van der Waals surface area contributed by atoms with Crippen LogP contribution in [-0.2, 0) is 19.1 Å². The van der Waals surface area contributed by atoms with Crippen molar-refractivity contribution in [2.24, 2.45) is 0 Å². The van der Waals surface area contributed by atoms with Crippen molar-refractivity contribution >= 4 is 17.5 Å². The molecule has 1 aliphatic rings. The van der Waals surface area contributed by atoms with E-state index in [-0.39, 0.29) is 11.3 Å². The van der Waals surface area contributed by atoms with Gasteiger partial charge in [0.05, 0.1) is 7.11 Å². The number of carbonyl (C=O) groups is 3. The fraction of sp³-hybridized carbons (Fsp3) is 0.500. The largest absolute Gasteiger partial charge is 0.504 e. The highest BCUT2D eigenvalue weighted by atomic mass is 16.5. The summed E-state index contributed by atoms with van der Waals surface area (Å²) in [5.41, 5.74) is 0.158. The second kappa shape index (κ2) is 13.5. The molecule has 2 N–H and O–H groups in total. The summed E-state index contributed by atoms with van der Waals surface area (Å²) in [7, 11) is 1.34. The zero-order chi connectivity index (χ0) is 20.8. The molecule has 6 nitrogen and oxygen atoms in total. The van der Waals surface area contributed by atoms with Gasteiger partial charge in [-0.3, -0.25) is 9.59 Å². The third-order valence-corrected chi connectivity index (χ3v) is 4.47. The van der Waals surface area contributed by atoms with Crippen LogP contribution in [0.1, 0.15) is 64.2 Å². The molecule has 1 aliphatic carbocycles. The van der Waals surface area contributed by atoms with Crippen LogP contribution in [0.5, 0.6) is 0 Å². The molecule has 0 aliphatic heterocycles. The molecule has 154 valence electrons. The molecule has 6 heteroatoms. The minimum Gasteiger partial charge on any atom is -0.504 e. The van der Waals surface area contributed by atoms with Gasteiger partial charge in [-0.1, -0.05) is 37.5 Å². The van der Waals surface area contributed by atoms with Gasteiger partial charge in [0, 0.05) is 17.7 Å². The smallest absolute Gasteiger partial charge is 0.327 e. The van der Waals surface area contributed by atoms with Crippen molar-refractivity contribution in [3.63, 3.8) is 0 Å². The first-order valence-corrected chi connectivity index (χ1v) is 9.78. The first-order chi connectivity index (χ1) is 13.5. The summed E-state index contributed by atoms with van der Waals surface area (Å²) in [4.78, 5) is 34.0. The van der Waals surface area contributed by atoms with E-state index in [0.29, 0.717) is 6.42 Å². The highest BCUT2D eigenvalue weighted by Gasteiger charge is 2.28. The van der Waals surface area contributed by atoms with Gasteiger partial charge in [-0.05, 0) is 44.9 Å². The minimum absolute atomic E-state index is 0.0116. The molecule has 0 saturated heterocycles. The molecule has 0 fully saturated rings. The second-order valence-corrected chi connectivity index (χ2v) is 6.68. The molecule has 0 aromatic heterocycles. The number of aliphatic hydroxyl groups excluding tert-OH is 1. The molecule has 0 amide bonds. The number of ketones is 2. The van der Waals surface area contributed by atoms with E-state index in [1.165, 1.54) is 13.2 Å². The number of rotatable bonds is 14. The molecule has 0 aromatic rings. The van der Waals surface area contributed by atoms with Crippen molar-refractivity contribution in [3.05, 3.63) is 47.5 Å². The summed E-state index contributed by atoms with van der Waals surface area (Å²) in [5.74, 6) is -2.34. The standard InChI is InChI=1S/C22H30O6/c1-28-19-16-18(23)21(26)17(22(19)27)14-12-10-8-6-4-2-3-5-7-9-11-13-15-20(24)25/h3,5,13,15-16,26H,2,4,6-12,14H2,1H3,(H,24,25)/b5-3?,15-13+. The summed E-state index contributed by atoms with van der Waals surface area (Å²) < 4.78 is 4.89. The number of hydrogen-bond donors (Lipinski definition) is 2. The van der Waals surface area contributed by atoms with Crippen LogP contribution < -0.4 is 0 Å². The Bertz CT molecular complexity index is 667. The van der Waals surface area contributed by atoms with Gasteiger partial charge in [0.15, 0.2) is 11.5 Å². The van der Waals surface area contributed by atoms with Crippen molar-refractivity contribution in [1.29, 1.82) is 0 Å². The molecule has 0 heterocycles. The third-order valence-electron chi connectivity index (χ3n) is 4.47. The van der Waals surface area contributed by atoms with Gasteiger partial charge in [0.2, 0.25) is 11.6 Å². The Morgan fingerprint density at radius 1 is 0.964 bits per heavy atom. The number of carboxylic acid groups (broad SMARTS) is 1. The monoisotopic (exact) mass is 390 g/mol. The maximum atomic E-state index is 12.1. The van der Waals surface area contributed by atoms with Crippen LogP contribution in [0, 0.1) is 0 Å². The van der Waals surface area contributed by atoms with Crippen LogP contribution in [0.15, 0.2) is 47.5 Å². The molecule has 0 radical (unpaired) electrons. The van der Waals surface area contributed by atoms with Crippen LogP contribution in [-0.4, -0.2) is 34.9 Å². The predicted molar refractivity (Wildman–Crippen MR) is 107 cm³/mol. The van der Waals surface area contributed by atoms with Gasteiger partial charge in [-0.25, -0.2) is 4.79 Å². The highest BCUT2D eigenvalue weighted by Crippen LogP contribution is 2.23. The first kappa shape index (κ1) is 23.4. The molecule has 0 bridgehead atoms. The number of aliphatic carboxylic acids is 1. The Morgan fingerprint density at radius 2 is 1.57 bits per heavy atom. The maximum Gasteiger partial charge on any atom is 0.327 e. The number of allylic oxidation sites excluding steroid dienone is 5. The van der Waals surface area contributed by atoms with Crippen molar-refractivity contribution in [2.45, 2.75) is 64.2 Å². The minimum atomic E-state index is -0.903. The Balaban J connectivity index is 2.08. The van der Waals surface area contributed by atoms with E-state index in [2.05, 4.69) is 12.2 Å². The molecular weight excluding hydrogens is 360 g/mol. The van der Waals surface area contributed by atoms with Crippen molar-refractivity contribution in [3.8, 4) is 0 Å². The van der Waals surface area contributed by atoms with E-state index in [4.69, 9.17) is 9.84 Å². The van der Waals surface area contributed by atoms with Crippen molar-refractivity contribution in [2.75, 3.05) is 7.11 Å². The maximum absolute atomic E-state index is 12.1. The average molecular weight is 390 g/mol. The number of methoxy groups -OCH3 is 1. The summed E-state index contributed by atoms with van der Waals surface area (Å²) in [6, 6.07) is 0. The van der Waals surface area contributed by atoms with E-state index in [1.807, 2.05) is 0 Å². The van der Waals surface area contributed by atoms with Crippen LogP contribution in [0.2, 0.25) is 0 Å². The number of hydrogen-bond acceptors (Lipinski definition) is 5. The number of aliphatic hydroxyl groups is 1. The molecule has 0 saturated carbocycles. The number of carboxylic acids is 1. The zero-order valence-corrected chi connectivity index (χ0v) is 16.5. The number of Topliss-reactive ketones (excluding diaryl/α,β-unsaturated/α-hetero) is 1. The van der Waals surface area contributed by atoms with E-state index >= 15 is 0 Å². The fourth-order valence-corrected chi connectivity index (χ4v) is 2.91. The summed E-state index contributed by atoms with van der Waals surface area (Å²) in [6.07, 6.45) is 17.2. The van der Waals surface area contributed by atoms with E-state index in [9.17, 15) is 19.5 Å². The lowest BCUT2D eigenvalue weighted by Gasteiger charge is -2.14. The summed E-state index contributed by atoms with van der Waals surface area (Å²) in [6.45, 7) is 0. The van der Waals surface area contributed by atoms with Gasteiger partial charge in [-0.15, -0.1) is 0 Å². The zero-order valence-electron chi connectivity index (χ0n) is 16.5. The van der Waals surface area contributed by atoms with Crippen LogP contribution >= 0.6 is 0 Å². The van der Waals surface area contributed by atoms with Crippen LogP contribution in [0.3, 0.4) is 0 Å². The molecule has 0 atom stereocenters. The van der Waals surface area contributed by atoms with Crippen LogP contribution in [0.25, 0.3) is 0 Å². The van der Waals surface area contributed by atoms with Crippen molar-refractivity contribution < 1.29 is 29.3 Å². The van der Waals surface area contributed by atoms with E-state index < -0.39 is 23.3 Å². The third kappa shape index (κ3) is 8.84. The Kier molecular flexibility index (Phi) is 11.3. The topological polar surface area (TPSA) is 101 Å². The number of unbranched alkanes of at least 4 members (excludes halogenated alkanes) is 7. The number of ether oxygens (including phenoxy) is 1. The van der Waals surface area contributed by atoms with E-state index in [1.54, 1.807) is 6.08 Å². The molecule has 0 unspecified atom stereocenters. The Labute approximate surface area is 166 Å². The highest BCUT2D eigenvalue weighted by molar-refractivity contribution is 6.20. The van der Waals surface area contributed by atoms with Gasteiger partial charge >= 0.3 is 5.97 Å².